The summed E-state index contributed by atoms with van der Waals surface area (Å²) in [5, 5.41) is 9.34. The Balaban J connectivity index is 1.77. The van der Waals surface area contributed by atoms with Crippen molar-refractivity contribution in [1.29, 1.82) is 0 Å². The van der Waals surface area contributed by atoms with Gasteiger partial charge in [0.1, 0.15) is 0 Å². The average molecular weight is 323 g/mol. The van der Waals surface area contributed by atoms with Gasteiger partial charge in [-0.3, -0.25) is 9.69 Å². The van der Waals surface area contributed by atoms with Crippen molar-refractivity contribution in [3.63, 3.8) is 0 Å². The lowest BCUT2D eigenvalue weighted by atomic mass is 9.90. The molecule has 126 valence electrons. The normalized spacial score (nSPS) is 21.6. The van der Waals surface area contributed by atoms with Crippen LogP contribution in [-0.2, 0) is 11.3 Å². The third kappa shape index (κ3) is 3.85. The Morgan fingerprint density at radius 3 is 2.71 bits per heavy atom. The van der Waals surface area contributed by atoms with Crippen molar-refractivity contribution in [1.82, 2.24) is 4.90 Å². The van der Waals surface area contributed by atoms with Gasteiger partial charge in [0.15, 0.2) is 0 Å². The molecule has 2 aromatic rings. The summed E-state index contributed by atoms with van der Waals surface area (Å²) in [6, 6.07) is 17.0. The van der Waals surface area contributed by atoms with Crippen molar-refractivity contribution in [3.05, 3.63) is 59.7 Å². The Morgan fingerprint density at radius 2 is 1.96 bits per heavy atom. The number of likely N-dealkylation sites (tertiary alicyclic amines) is 1. The molecule has 0 aliphatic carbocycles. The van der Waals surface area contributed by atoms with Crippen LogP contribution in [0.25, 0.3) is 11.1 Å². The van der Waals surface area contributed by atoms with Crippen LogP contribution in [0.5, 0.6) is 0 Å². The van der Waals surface area contributed by atoms with E-state index in [0.717, 1.165) is 19.5 Å². The molecule has 0 radical (unpaired) electrons. The van der Waals surface area contributed by atoms with Gasteiger partial charge in [0.2, 0.25) is 0 Å². The van der Waals surface area contributed by atoms with Gasteiger partial charge in [-0.1, -0.05) is 49.4 Å². The van der Waals surface area contributed by atoms with E-state index in [1.807, 2.05) is 0 Å². The van der Waals surface area contributed by atoms with Crippen LogP contribution in [0.15, 0.2) is 48.5 Å². The molecule has 2 atom stereocenters. The summed E-state index contributed by atoms with van der Waals surface area (Å²) in [6.45, 7) is 6.71. The summed E-state index contributed by atoms with van der Waals surface area (Å²) in [5.74, 6) is -0.479. The number of piperidine rings is 1. The molecule has 0 amide bonds. The Hall–Kier alpha value is -2.13. The Labute approximate surface area is 143 Å². The van der Waals surface area contributed by atoms with Gasteiger partial charge in [-0.2, -0.15) is 0 Å². The van der Waals surface area contributed by atoms with Crippen molar-refractivity contribution in [2.45, 2.75) is 26.8 Å². The van der Waals surface area contributed by atoms with Crippen LogP contribution in [0.2, 0.25) is 0 Å². The molecule has 0 bridgehead atoms. The summed E-state index contributed by atoms with van der Waals surface area (Å²) in [7, 11) is 0. The van der Waals surface area contributed by atoms with Gasteiger partial charge in [0, 0.05) is 19.6 Å². The molecule has 3 nitrogen and oxygen atoms in total. The van der Waals surface area contributed by atoms with E-state index in [1.165, 1.54) is 22.3 Å². The van der Waals surface area contributed by atoms with E-state index in [1.54, 1.807) is 0 Å². The Bertz CT molecular complexity index is 725. The van der Waals surface area contributed by atoms with Crippen LogP contribution < -0.4 is 0 Å². The number of hydrogen-bond donors (Lipinski definition) is 1. The lowest BCUT2D eigenvalue weighted by molar-refractivity contribution is -0.144. The van der Waals surface area contributed by atoms with Gasteiger partial charge in [0.25, 0.3) is 0 Å². The largest absolute Gasteiger partial charge is 0.481 e. The van der Waals surface area contributed by atoms with E-state index in [9.17, 15) is 9.90 Å². The minimum atomic E-state index is -0.666. The highest BCUT2D eigenvalue weighted by atomic mass is 16.4. The number of aryl methyl sites for hydroxylation is 1. The summed E-state index contributed by atoms with van der Waals surface area (Å²) < 4.78 is 0. The summed E-state index contributed by atoms with van der Waals surface area (Å²) in [4.78, 5) is 13.6. The molecular weight excluding hydrogens is 298 g/mol. The van der Waals surface area contributed by atoms with E-state index in [-0.39, 0.29) is 5.92 Å². The Morgan fingerprint density at radius 1 is 1.17 bits per heavy atom. The van der Waals surface area contributed by atoms with E-state index >= 15 is 0 Å². The van der Waals surface area contributed by atoms with Crippen molar-refractivity contribution < 1.29 is 9.90 Å². The van der Waals surface area contributed by atoms with Gasteiger partial charge in [-0.25, -0.2) is 0 Å². The summed E-state index contributed by atoms with van der Waals surface area (Å²) in [6.07, 6.45) is 0.787. The maximum atomic E-state index is 11.3. The van der Waals surface area contributed by atoms with Crippen LogP contribution in [0, 0.1) is 18.8 Å². The second kappa shape index (κ2) is 7.18. The zero-order chi connectivity index (χ0) is 17.1. The number of nitrogens with zero attached hydrogens (tertiary/aromatic N) is 1. The Kier molecular flexibility index (Phi) is 5.00. The molecular formula is C21H25NO2. The van der Waals surface area contributed by atoms with Crippen molar-refractivity contribution in [2.24, 2.45) is 11.8 Å². The lowest BCUT2D eigenvalue weighted by Gasteiger charge is -2.34. The van der Waals surface area contributed by atoms with E-state index in [2.05, 4.69) is 67.3 Å². The first-order valence-electron chi connectivity index (χ1n) is 8.63. The first-order chi connectivity index (χ1) is 11.5. The van der Waals surface area contributed by atoms with Crippen molar-refractivity contribution >= 4 is 5.97 Å². The summed E-state index contributed by atoms with van der Waals surface area (Å²) >= 11 is 0. The topological polar surface area (TPSA) is 40.5 Å². The first kappa shape index (κ1) is 16.7. The third-order valence-electron chi connectivity index (χ3n) is 4.87. The highest BCUT2D eigenvalue weighted by Crippen LogP contribution is 2.26. The zero-order valence-corrected chi connectivity index (χ0v) is 14.4. The molecule has 24 heavy (non-hydrogen) atoms. The predicted molar refractivity (Wildman–Crippen MR) is 96.8 cm³/mol. The quantitative estimate of drug-likeness (QED) is 0.916. The van der Waals surface area contributed by atoms with Crippen LogP contribution in [0.3, 0.4) is 0 Å². The highest BCUT2D eigenvalue weighted by Gasteiger charge is 2.29. The van der Waals surface area contributed by atoms with Gasteiger partial charge in [0.05, 0.1) is 5.92 Å². The fourth-order valence-electron chi connectivity index (χ4n) is 3.76. The SMILES string of the molecule is Cc1ccccc1-c1cccc(CN2CC(C)CC(C(=O)O)C2)c1. The first-order valence-corrected chi connectivity index (χ1v) is 8.63. The van der Waals surface area contributed by atoms with Crippen LogP contribution >= 0.6 is 0 Å². The molecule has 1 aliphatic heterocycles. The zero-order valence-electron chi connectivity index (χ0n) is 14.4. The van der Waals surface area contributed by atoms with Crippen LogP contribution in [0.1, 0.15) is 24.5 Å². The fraction of sp³-hybridized carbons (Fsp3) is 0.381. The number of carboxylic acid groups (broad SMARTS) is 1. The second-order valence-corrected chi connectivity index (χ2v) is 7.09. The maximum absolute atomic E-state index is 11.3. The number of hydrogen-bond acceptors (Lipinski definition) is 2. The molecule has 0 saturated carbocycles. The van der Waals surface area contributed by atoms with Crippen molar-refractivity contribution in [2.75, 3.05) is 13.1 Å². The second-order valence-electron chi connectivity index (χ2n) is 7.09. The summed E-state index contributed by atoms with van der Waals surface area (Å²) in [5.41, 5.74) is 5.00. The number of aliphatic carboxylic acids is 1. The van der Waals surface area contributed by atoms with Crippen LogP contribution in [-0.4, -0.2) is 29.1 Å². The number of carboxylic acids is 1. The lowest BCUT2D eigenvalue weighted by Crippen LogP contribution is -2.41. The highest BCUT2D eigenvalue weighted by molar-refractivity contribution is 5.70. The van der Waals surface area contributed by atoms with Crippen LogP contribution in [0.4, 0.5) is 0 Å². The van der Waals surface area contributed by atoms with Crippen molar-refractivity contribution in [3.8, 4) is 11.1 Å². The standard InChI is InChI=1S/C21H25NO2/c1-15-10-19(21(23)24)14-22(12-15)13-17-7-5-8-18(11-17)20-9-4-3-6-16(20)2/h3-9,11,15,19H,10,12-14H2,1-2H3,(H,23,24). The average Bonchev–Trinajstić information content (AvgIpc) is 2.55. The molecule has 1 heterocycles. The smallest absolute Gasteiger partial charge is 0.307 e. The van der Waals surface area contributed by atoms with Gasteiger partial charge < -0.3 is 5.11 Å². The molecule has 1 fully saturated rings. The molecule has 0 aromatic heterocycles. The minimum Gasteiger partial charge on any atom is -0.481 e. The van der Waals surface area contributed by atoms with Gasteiger partial charge in [-0.15, -0.1) is 0 Å². The third-order valence-corrected chi connectivity index (χ3v) is 4.87. The molecule has 3 heteroatoms. The number of rotatable bonds is 4. The van der Waals surface area contributed by atoms with E-state index in [0.29, 0.717) is 12.5 Å². The molecule has 3 rings (SSSR count). The number of benzene rings is 2. The molecule has 1 aliphatic rings. The minimum absolute atomic E-state index is 0.242. The maximum Gasteiger partial charge on any atom is 0.307 e. The molecule has 2 unspecified atom stereocenters. The van der Waals surface area contributed by atoms with Gasteiger partial charge in [-0.05, 0) is 47.6 Å². The molecule has 0 spiro atoms. The van der Waals surface area contributed by atoms with E-state index in [4.69, 9.17) is 0 Å². The van der Waals surface area contributed by atoms with E-state index < -0.39 is 5.97 Å². The fourth-order valence-corrected chi connectivity index (χ4v) is 3.76. The molecule has 1 N–H and O–H groups in total. The monoisotopic (exact) mass is 323 g/mol. The molecule has 1 saturated heterocycles. The predicted octanol–water partition coefficient (Wildman–Crippen LogP) is 4.20. The number of carbonyl (C=O) groups is 1. The van der Waals surface area contributed by atoms with Gasteiger partial charge >= 0.3 is 5.97 Å². The molecule has 2 aromatic carbocycles.